The van der Waals surface area contributed by atoms with Crippen LogP contribution >= 0.6 is 7.82 Å². The fourth-order valence-electron chi connectivity index (χ4n) is 6.24. The molecule has 0 spiro atoms. The van der Waals surface area contributed by atoms with Gasteiger partial charge in [-0.1, -0.05) is 167 Å². The zero-order valence-electron chi connectivity index (χ0n) is 36.0. The fraction of sp³-hybridized carbons (Fsp3) is 0.909. The first-order valence-electron chi connectivity index (χ1n) is 22.4. The Morgan fingerprint density at radius 2 is 0.944 bits per heavy atom. The van der Waals surface area contributed by atoms with Crippen molar-refractivity contribution in [3.8, 4) is 0 Å². The molecule has 2 atom stereocenters. The molecule has 0 saturated heterocycles. The SMILES string of the molecule is CCCCCC/C=C/CCCCCCCCCC(=O)O[C@H](COC(=O)CCCCCCCCCCCCCCCCC)COP(=O)(O)OCC[N+](C)(C)C. The van der Waals surface area contributed by atoms with E-state index in [2.05, 4.69) is 26.0 Å². The van der Waals surface area contributed by atoms with Gasteiger partial charge in [0.05, 0.1) is 27.7 Å². The summed E-state index contributed by atoms with van der Waals surface area (Å²) in [7, 11) is 1.48. The highest BCUT2D eigenvalue weighted by atomic mass is 31.2. The number of esters is 2. The molecule has 0 aromatic rings. The summed E-state index contributed by atoms with van der Waals surface area (Å²) in [4.78, 5) is 35.4. The van der Waals surface area contributed by atoms with E-state index in [-0.39, 0.29) is 25.6 Å². The van der Waals surface area contributed by atoms with Crippen molar-refractivity contribution in [2.75, 3.05) is 47.5 Å². The van der Waals surface area contributed by atoms with Crippen molar-refractivity contribution in [1.82, 2.24) is 0 Å². The summed E-state index contributed by atoms with van der Waals surface area (Å²) in [6, 6.07) is 0. The van der Waals surface area contributed by atoms with Gasteiger partial charge in [-0.05, 0) is 38.5 Å². The first kappa shape index (κ1) is 52.8. The standard InChI is InChI=1S/C44H86NO8P/c1-6-8-10-12-14-16-18-20-22-24-26-28-30-32-34-36-43(46)50-40-42(41-52-54(48,49)51-39-38-45(3,4)5)53-44(47)37-35-33-31-29-27-25-23-21-19-17-15-13-11-9-7-2/h17,19,42H,6-16,18,20-41H2,1-5H3/p+1/b19-17+/t42-/m1/s1. The van der Waals surface area contributed by atoms with Crippen LogP contribution in [-0.4, -0.2) is 74.9 Å². The van der Waals surface area contributed by atoms with Gasteiger partial charge in [-0.25, -0.2) is 4.57 Å². The van der Waals surface area contributed by atoms with Crippen molar-refractivity contribution in [3.63, 3.8) is 0 Å². The minimum absolute atomic E-state index is 0.0339. The van der Waals surface area contributed by atoms with E-state index in [9.17, 15) is 19.0 Å². The molecule has 0 fully saturated rings. The van der Waals surface area contributed by atoms with Crippen molar-refractivity contribution >= 4 is 19.8 Å². The highest BCUT2D eigenvalue weighted by Crippen LogP contribution is 2.43. The van der Waals surface area contributed by atoms with E-state index < -0.39 is 26.5 Å². The molecule has 1 unspecified atom stereocenters. The Labute approximate surface area is 333 Å². The van der Waals surface area contributed by atoms with Crippen molar-refractivity contribution in [2.45, 2.75) is 213 Å². The number of hydrogen-bond donors (Lipinski definition) is 1. The van der Waals surface area contributed by atoms with Gasteiger partial charge in [0, 0.05) is 12.8 Å². The molecule has 0 bridgehead atoms. The molecule has 9 nitrogen and oxygen atoms in total. The first-order valence-corrected chi connectivity index (χ1v) is 23.9. The smallest absolute Gasteiger partial charge is 0.462 e. The Hall–Kier alpha value is -1.25. The lowest BCUT2D eigenvalue weighted by molar-refractivity contribution is -0.870. The van der Waals surface area contributed by atoms with Crippen LogP contribution in [0, 0.1) is 0 Å². The monoisotopic (exact) mass is 789 g/mol. The molecule has 320 valence electrons. The number of hydrogen-bond acceptors (Lipinski definition) is 7. The Morgan fingerprint density at radius 3 is 1.39 bits per heavy atom. The normalized spacial score (nSPS) is 13.7. The van der Waals surface area contributed by atoms with Gasteiger partial charge in [-0.2, -0.15) is 0 Å². The Morgan fingerprint density at radius 1 is 0.556 bits per heavy atom. The van der Waals surface area contributed by atoms with Crippen molar-refractivity contribution < 1.29 is 42.1 Å². The van der Waals surface area contributed by atoms with E-state index in [1.165, 1.54) is 128 Å². The molecule has 1 N–H and O–H groups in total. The second-order valence-electron chi connectivity index (χ2n) is 16.4. The van der Waals surface area contributed by atoms with Gasteiger partial charge in [0.25, 0.3) is 0 Å². The molecular formula is C44H87NO8P+. The number of carbonyl (C=O) groups excluding carboxylic acids is 2. The minimum Gasteiger partial charge on any atom is -0.462 e. The summed E-state index contributed by atoms with van der Waals surface area (Å²) in [5.74, 6) is -0.794. The predicted octanol–water partition coefficient (Wildman–Crippen LogP) is 12.6. The van der Waals surface area contributed by atoms with Crippen LogP contribution in [0.4, 0.5) is 0 Å². The lowest BCUT2D eigenvalue weighted by Crippen LogP contribution is -2.37. The molecule has 0 heterocycles. The number of likely N-dealkylation sites (N-methyl/N-ethyl adjacent to an activating group) is 1. The fourth-order valence-corrected chi connectivity index (χ4v) is 6.99. The van der Waals surface area contributed by atoms with E-state index in [4.69, 9.17) is 18.5 Å². The molecular weight excluding hydrogens is 701 g/mol. The number of unbranched alkanes of at least 4 members (excludes halogenated alkanes) is 25. The molecule has 0 amide bonds. The van der Waals surface area contributed by atoms with Gasteiger partial charge in [-0.3, -0.25) is 18.6 Å². The highest BCUT2D eigenvalue weighted by molar-refractivity contribution is 7.47. The van der Waals surface area contributed by atoms with Crippen LogP contribution in [0.2, 0.25) is 0 Å². The maximum absolute atomic E-state index is 12.7. The molecule has 0 radical (unpaired) electrons. The molecule has 0 aliphatic heterocycles. The summed E-state index contributed by atoms with van der Waals surface area (Å²) in [6.07, 6.45) is 38.2. The molecule has 10 heteroatoms. The van der Waals surface area contributed by atoms with Gasteiger partial charge in [0.1, 0.15) is 19.8 Å². The van der Waals surface area contributed by atoms with Crippen LogP contribution in [-0.2, 0) is 32.7 Å². The van der Waals surface area contributed by atoms with Crippen LogP contribution in [0.3, 0.4) is 0 Å². The van der Waals surface area contributed by atoms with Gasteiger partial charge < -0.3 is 18.9 Å². The van der Waals surface area contributed by atoms with Gasteiger partial charge >= 0.3 is 19.8 Å². The third-order valence-corrected chi connectivity index (χ3v) is 10.8. The summed E-state index contributed by atoms with van der Waals surface area (Å²) in [5, 5.41) is 0. The lowest BCUT2D eigenvalue weighted by Gasteiger charge is -2.24. The van der Waals surface area contributed by atoms with E-state index in [0.717, 1.165) is 44.9 Å². The van der Waals surface area contributed by atoms with Crippen LogP contribution in [0.5, 0.6) is 0 Å². The second-order valence-corrected chi connectivity index (χ2v) is 17.9. The number of quaternary nitrogens is 1. The van der Waals surface area contributed by atoms with Crippen molar-refractivity contribution in [2.24, 2.45) is 0 Å². The summed E-state index contributed by atoms with van der Waals surface area (Å²) in [5.41, 5.74) is 0. The zero-order valence-corrected chi connectivity index (χ0v) is 36.9. The quantitative estimate of drug-likeness (QED) is 0.0214. The van der Waals surface area contributed by atoms with Gasteiger partial charge in [0.2, 0.25) is 0 Å². The molecule has 0 aromatic heterocycles. The van der Waals surface area contributed by atoms with Gasteiger partial charge in [-0.15, -0.1) is 0 Å². The van der Waals surface area contributed by atoms with Crippen molar-refractivity contribution in [3.05, 3.63) is 12.2 Å². The Bertz CT molecular complexity index is 938. The highest BCUT2D eigenvalue weighted by Gasteiger charge is 2.27. The van der Waals surface area contributed by atoms with E-state index in [1.54, 1.807) is 0 Å². The third-order valence-electron chi connectivity index (χ3n) is 9.80. The number of carbonyl (C=O) groups is 2. The molecule has 0 aliphatic carbocycles. The van der Waals surface area contributed by atoms with E-state index >= 15 is 0 Å². The Balaban J connectivity index is 4.33. The predicted molar refractivity (Wildman–Crippen MR) is 224 cm³/mol. The topological polar surface area (TPSA) is 108 Å². The van der Waals surface area contributed by atoms with Crippen LogP contribution in [0.15, 0.2) is 12.2 Å². The van der Waals surface area contributed by atoms with Crippen LogP contribution < -0.4 is 0 Å². The number of nitrogens with zero attached hydrogens (tertiary/aromatic N) is 1. The van der Waals surface area contributed by atoms with E-state index in [0.29, 0.717) is 23.9 Å². The number of phosphoric ester groups is 1. The Kier molecular flexibility index (Phi) is 36.5. The summed E-state index contributed by atoms with van der Waals surface area (Å²) >= 11 is 0. The van der Waals surface area contributed by atoms with E-state index in [1.807, 2.05) is 21.1 Å². The third kappa shape index (κ3) is 40.4. The number of rotatable bonds is 41. The van der Waals surface area contributed by atoms with Gasteiger partial charge in [0.15, 0.2) is 6.10 Å². The first-order chi connectivity index (χ1) is 26.0. The van der Waals surface area contributed by atoms with Crippen molar-refractivity contribution in [1.29, 1.82) is 0 Å². The maximum Gasteiger partial charge on any atom is 0.472 e. The summed E-state index contributed by atoms with van der Waals surface area (Å²) in [6.45, 7) is 4.43. The molecule has 0 saturated carbocycles. The average molecular weight is 789 g/mol. The molecule has 0 aromatic carbocycles. The molecule has 0 rings (SSSR count). The average Bonchev–Trinajstić information content (AvgIpc) is 3.12. The largest absolute Gasteiger partial charge is 0.472 e. The van der Waals surface area contributed by atoms with Crippen LogP contribution in [0.1, 0.15) is 206 Å². The number of ether oxygens (including phenoxy) is 2. The zero-order chi connectivity index (χ0) is 40.0. The number of allylic oxidation sites excluding steroid dienone is 2. The minimum atomic E-state index is -4.37. The van der Waals surface area contributed by atoms with Crippen LogP contribution in [0.25, 0.3) is 0 Å². The second kappa shape index (κ2) is 37.3. The summed E-state index contributed by atoms with van der Waals surface area (Å²) < 4.78 is 34.3. The lowest BCUT2D eigenvalue weighted by atomic mass is 10.0. The number of phosphoric acid groups is 1. The molecule has 54 heavy (non-hydrogen) atoms. The molecule has 0 aliphatic rings. The maximum atomic E-state index is 12.7.